The number of esters is 1. The smallest absolute Gasteiger partial charge is 0.344 e. The number of alkyl halides is 1. The number of carbonyl (C=O) groups is 2. The maximum absolute atomic E-state index is 14.3. The standard InChI is InChI=1S/C21H19ClF2N4O4S/c1-2-32-19(29)15-14(8-28-9-21(24,10-28)20(30)31)26-17(18-25-5-6-33-18)27-16(15)12-4-3-11(23)7-13(12)22/h3-7,16H,2,8-10H2,1H3,(H,26,27)(H,30,31). The lowest BCUT2D eigenvalue weighted by Gasteiger charge is -2.42. The fourth-order valence-electron chi connectivity index (χ4n) is 3.70. The molecule has 0 bridgehead atoms. The molecule has 1 aromatic carbocycles. The average Bonchev–Trinajstić information content (AvgIpc) is 3.27. The number of hydrogen-bond donors (Lipinski definition) is 2. The zero-order valence-electron chi connectivity index (χ0n) is 17.3. The van der Waals surface area contributed by atoms with Crippen LogP contribution in [0.25, 0.3) is 0 Å². The summed E-state index contributed by atoms with van der Waals surface area (Å²) in [6, 6.07) is 2.83. The first kappa shape index (κ1) is 23.3. The van der Waals surface area contributed by atoms with Gasteiger partial charge in [-0.2, -0.15) is 0 Å². The number of aromatic nitrogens is 1. The maximum Gasteiger partial charge on any atom is 0.344 e. The summed E-state index contributed by atoms with van der Waals surface area (Å²) in [5.74, 6) is -2.39. The molecule has 33 heavy (non-hydrogen) atoms. The number of aliphatic imine (C=N–C) groups is 1. The number of hydrogen-bond acceptors (Lipinski definition) is 8. The second-order valence-corrected chi connectivity index (χ2v) is 8.84. The van der Waals surface area contributed by atoms with Crippen molar-refractivity contribution in [2.45, 2.75) is 18.6 Å². The summed E-state index contributed by atoms with van der Waals surface area (Å²) in [5, 5.41) is 14.5. The molecule has 0 spiro atoms. The minimum absolute atomic E-state index is 0.0345. The number of carbonyl (C=O) groups excluding carboxylic acids is 1. The van der Waals surface area contributed by atoms with Crippen LogP contribution >= 0.6 is 22.9 Å². The monoisotopic (exact) mass is 496 g/mol. The van der Waals surface area contributed by atoms with E-state index in [0.717, 1.165) is 6.07 Å². The average molecular weight is 497 g/mol. The molecule has 12 heteroatoms. The number of thiazole rings is 1. The van der Waals surface area contributed by atoms with E-state index in [4.69, 9.17) is 21.4 Å². The van der Waals surface area contributed by atoms with E-state index in [-0.39, 0.29) is 36.8 Å². The Kier molecular flexibility index (Phi) is 6.46. The first-order valence-corrected chi connectivity index (χ1v) is 11.2. The van der Waals surface area contributed by atoms with Gasteiger partial charge in [0, 0.05) is 47.5 Å². The number of nitrogens with zero attached hydrogens (tertiary/aromatic N) is 3. The summed E-state index contributed by atoms with van der Waals surface area (Å²) in [7, 11) is 0. The van der Waals surface area contributed by atoms with E-state index < -0.39 is 29.5 Å². The Bertz CT molecular complexity index is 1150. The van der Waals surface area contributed by atoms with Crippen molar-refractivity contribution in [3.63, 3.8) is 0 Å². The third-order valence-corrected chi connectivity index (χ3v) is 6.33. The van der Waals surface area contributed by atoms with E-state index in [2.05, 4.69) is 15.3 Å². The number of benzene rings is 1. The number of ether oxygens (including phenoxy) is 1. The topological polar surface area (TPSA) is 104 Å². The van der Waals surface area contributed by atoms with Crippen molar-refractivity contribution in [2.75, 3.05) is 26.2 Å². The lowest BCUT2D eigenvalue weighted by atomic mass is 9.93. The van der Waals surface area contributed by atoms with E-state index >= 15 is 0 Å². The van der Waals surface area contributed by atoms with Crippen LogP contribution in [0, 0.1) is 5.82 Å². The largest absolute Gasteiger partial charge is 0.479 e. The van der Waals surface area contributed by atoms with Crippen molar-refractivity contribution in [3.05, 3.63) is 62.5 Å². The molecule has 0 aliphatic carbocycles. The van der Waals surface area contributed by atoms with Gasteiger partial charge in [0.05, 0.1) is 12.2 Å². The van der Waals surface area contributed by atoms with Gasteiger partial charge in [0.2, 0.25) is 5.67 Å². The van der Waals surface area contributed by atoms with Gasteiger partial charge in [-0.1, -0.05) is 17.7 Å². The first-order valence-electron chi connectivity index (χ1n) is 9.96. The van der Waals surface area contributed by atoms with Crippen LogP contribution in [0.4, 0.5) is 8.78 Å². The number of halogens is 3. The fourth-order valence-corrected chi connectivity index (χ4v) is 4.56. The van der Waals surface area contributed by atoms with Gasteiger partial charge in [-0.3, -0.25) is 9.89 Å². The summed E-state index contributed by atoms with van der Waals surface area (Å²) in [5.41, 5.74) is -1.49. The highest BCUT2D eigenvalue weighted by atomic mass is 35.5. The quantitative estimate of drug-likeness (QED) is 0.568. The van der Waals surface area contributed by atoms with Crippen LogP contribution in [0.5, 0.6) is 0 Å². The number of carboxylic acid groups (broad SMARTS) is 1. The van der Waals surface area contributed by atoms with Crippen molar-refractivity contribution in [1.29, 1.82) is 0 Å². The maximum atomic E-state index is 14.3. The van der Waals surface area contributed by atoms with Crippen molar-refractivity contribution < 1.29 is 28.2 Å². The Morgan fingerprint density at radius 3 is 2.79 bits per heavy atom. The Balaban J connectivity index is 1.77. The van der Waals surface area contributed by atoms with Gasteiger partial charge in [0.1, 0.15) is 11.9 Å². The van der Waals surface area contributed by atoms with E-state index in [9.17, 15) is 18.4 Å². The highest BCUT2D eigenvalue weighted by Crippen LogP contribution is 2.37. The zero-order chi connectivity index (χ0) is 23.8. The molecule has 2 aliphatic rings. The van der Waals surface area contributed by atoms with Crippen LogP contribution in [-0.2, 0) is 14.3 Å². The molecule has 1 saturated heterocycles. The van der Waals surface area contributed by atoms with Gasteiger partial charge in [-0.05, 0) is 19.1 Å². The normalized spacial score (nSPS) is 20.0. The highest BCUT2D eigenvalue weighted by Gasteiger charge is 2.51. The Morgan fingerprint density at radius 1 is 1.42 bits per heavy atom. The molecule has 174 valence electrons. The van der Waals surface area contributed by atoms with Crippen LogP contribution < -0.4 is 5.32 Å². The lowest BCUT2D eigenvalue weighted by Crippen LogP contribution is -2.64. The van der Waals surface area contributed by atoms with E-state index in [1.807, 2.05) is 0 Å². The molecule has 3 heterocycles. The van der Waals surface area contributed by atoms with Crippen molar-refractivity contribution in [1.82, 2.24) is 15.2 Å². The molecule has 1 unspecified atom stereocenters. The third kappa shape index (κ3) is 4.61. The van der Waals surface area contributed by atoms with Gasteiger partial charge in [-0.25, -0.2) is 23.4 Å². The van der Waals surface area contributed by atoms with Crippen molar-refractivity contribution >= 4 is 40.7 Å². The van der Waals surface area contributed by atoms with E-state index in [0.29, 0.717) is 22.1 Å². The second-order valence-electron chi connectivity index (χ2n) is 7.54. The van der Waals surface area contributed by atoms with Crippen LogP contribution in [0.3, 0.4) is 0 Å². The number of nitrogens with one attached hydrogen (secondary N) is 1. The van der Waals surface area contributed by atoms with E-state index in [1.54, 1.807) is 23.4 Å². The Hall–Kier alpha value is -2.89. The van der Waals surface area contributed by atoms with Crippen molar-refractivity contribution in [3.8, 4) is 0 Å². The van der Waals surface area contributed by atoms with Crippen LogP contribution in [0.1, 0.15) is 23.5 Å². The van der Waals surface area contributed by atoms with Gasteiger partial charge in [0.25, 0.3) is 0 Å². The SMILES string of the molecule is CCOC(=O)C1=C(CN2CC(F)(C(=O)O)C2)NC(c2nccs2)=NC1c1ccc(F)cc1Cl. The summed E-state index contributed by atoms with van der Waals surface area (Å²) < 4.78 is 33.2. The van der Waals surface area contributed by atoms with Gasteiger partial charge >= 0.3 is 11.9 Å². The summed E-state index contributed by atoms with van der Waals surface area (Å²) in [6.45, 7) is 1.11. The third-order valence-electron chi connectivity index (χ3n) is 5.23. The number of aliphatic carboxylic acids is 1. The Morgan fingerprint density at radius 2 is 2.18 bits per heavy atom. The zero-order valence-corrected chi connectivity index (χ0v) is 18.9. The number of amidine groups is 1. The van der Waals surface area contributed by atoms with Gasteiger partial charge in [-0.15, -0.1) is 11.3 Å². The fraction of sp³-hybridized carbons (Fsp3) is 0.333. The van der Waals surface area contributed by atoms with Crippen LogP contribution in [-0.4, -0.2) is 64.7 Å². The number of carboxylic acids is 1. The molecule has 0 radical (unpaired) electrons. The molecule has 1 fully saturated rings. The van der Waals surface area contributed by atoms with Crippen LogP contribution in [0.2, 0.25) is 5.02 Å². The van der Waals surface area contributed by atoms with Crippen molar-refractivity contribution in [2.24, 2.45) is 4.99 Å². The van der Waals surface area contributed by atoms with Gasteiger partial charge < -0.3 is 15.2 Å². The lowest BCUT2D eigenvalue weighted by molar-refractivity contribution is -0.163. The van der Waals surface area contributed by atoms with Gasteiger partial charge in [0.15, 0.2) is 10.8 Å². The summed E-state index contributed by atoms with van der Waals surface area (Å²) >= 11 is 7.61. The molecule has 1 aromatic heterocycles. The molecule has 0 amide bonds. The highest BCUT2D eigenvalue weighted by molar-refractivity contribution is 7.11. The molecule has 4 rings (SSSR count). The molecule has 2 aromatic rings. The molecule has 2 N–H and O–H groups in total. The predicted octanol–water partition coefficient (Wildman–Crippen LogP) is 2.95. The minimum Gasteiger partial charge on any atom is -0.479 e. The minimum atomic E-state index is -2.34. The summed E-state index contributed by atoms with van der Waals surface area (Å²) in [6.07, 6.45) is 1.59. The Labute approximate surface area is 196 Å². The molecule has 0 saturated carbocycles. The summed E-state index contributed by atoms with van der Waals surface area (Å²) in [4.78, 5) is 34.5. The number of likely N-dealkylation sites (tertiary alicyclic amines) is 1. The second kappa shape index (κ2) is 9.16. The van der Waals surface area contributed by atoms with Crippen LogP contribution in [0.15, 0.2) is 46.0 Å². The molecule has 8 nitrogen and oxygen atoms in total. The molecule has 1 atom stereocenters. The molecular weight excluding hydrogens is 478 g/mol. The molecular formula is C21H19ClF2N4O4S. The first-order chi connectivity index (χ1) is 15.7. The van der Waals surface area contributed by atoms with E-state index in [1.165, 1.54) is 23.5 Å². The predicted molar refractivity (Wildman–Crippen MR) is 118 cm³/mol. The number of rotatable bonds is 7. The molecule has 2 aliphatic heterocycles.